The highest BCUT2D eigenvalue weighted by atomic mass is 16.5. The average molecular weight is 339 g/mol. The molecule has 1 atom stereocenters. The van der Waals surface area contributed by atoms with E-state index >= 15 is 0 Å². The molecule has 0 radical (unpaired) electrons. The zero-order valence-electron chi connectivity index (χ0n) is 15.3. The maximum Gasteiger partial charge on any atom is 0.310 e. The molecule has 0 heterocycles. The predicted octanol–water partition coefficient (Wildman–Crippen LogP) is 3.57. The lowest BCUT2D eigenvalue weighted by Gasteiger charge is -2.15. The molecule has 4 nitrogen and oxygen atoms in total. The Kier molecular flexibility index (Phi) is 6.34. The fourth-order valence-corrected chi connectivity index (χ4v) is 2.47. The van der Waals surface area contributed by atoms with Gasteiger partial charge in [-0.3, -0.25) is 9.59 Å². The summed E-state index contributed by atoms with van der Waals surface area (Å²) in [6, 6.07) is 13.6. The molecule has 132 valence electrons. The molecule has 2 aromatic rings. The third kappa shape index (κ3) is 5.75. The van der Waals surface area contributed by atoms with Gasteiger partial charge in [0.2, 0.25) is 0 Å². The van der Waals surface area contributed by atoms with Crippen molar-refractivity contribution >= 4 is 11.9 Å². The number of amides is 1. The van der Waals surface area contributed by atoms with E-state index in [9.17, 15) is 9.59 Å². The summed E-state index contributed by atoms with van der Waals surface area (Å²) in [6.45, 7) is 7.73. The number of carbonyl (C=O) groups excluding carboxylic acids is 2. The standard InChI is InChI=1S/C21H25NO3/c1-14-5-8-18(9-6-14)12-21(24)25-13-20(23)22-17(4)19-10-7-15(2)16(3)11-19/h5-11,17H,12-13H2,1-4H3,(H,22,23)/t17-/m1/s1. The molecule has 0 fully saturated rings. The van der Waals surface area contributed by atoms with Crippen molar-refractivity contribution in [3.8, 4) is 0 Å². The molecule has 1 amide bonds. The Hall–Kier alpha value is -2.62. The molecule has 25 heavy (non-hydrogen) atoms. The van der Waals surface area contributed by atoms with E-state index in [2.05, 4.69) is 18.3 Å². The number of carbonyl (C=O) groups is 2. The van der Waals surface area contributed by atoms with E-state index in [0.717, 1.165) is 16.7 Å². The second-order valence-corrected chi connectivity index (χ2v) is 6.46. The normalized spacial score (nSPS) is 11.7. The van der Waals surface area contributed by atoms with Crippen molar-refractivity contribution < 1.29 is 14.3 Å². The fourth-order valence-electron chi connectivity index (χ4n) is 2.47. The first-order chi connectivity index (χ1) is 11.8. The molecule has 0 spiro atoms. The SMILES string of the molecule is Cc1ccc(CC(=O)OCC(=O)N[C@H](C)c2ccc(C)c(C)c2)cc1. The van der Waals surface area contributed by atoms with Crippen molar-refractivity contribution in [3.05, 3.63) is 70.3 Å². The van der Waals surface area contributed by atoms with E-state index in [1.165, 1.54) is 11.1 Å². The Morgan fingerprint density at radius 3 is 2.32 bits per heavy atom. The van der Waals surface area contributed by atoms with Crippen molar-refractivity contribution in [2.45, 2.75) is 40.2 Å². The number of hydrogen-bond donors (Lipinski definition) is 1. The van der Waals surface area contributed by atoms with E-state index in [1.807, 2.05) is 57.2 Å². The zero-order chi connectivity index (χ0) is 18.4. The van der Waals surface area contributed by atoms with Gasteiger partial charge in [-0.15, -0.1) is 0 Å². The molecule has 1 N–H and O–H groups in total. The zero-order valence-corrected chi connectivity index (χ0v) is 15.3. The third-order valence-electron chi connectivity index (χ3n) is 4.24. The average Bonchev–Trinajstić information content (AvgIpc) is 2.57. The van der Waals surface area contributed by atoms with Crippen LogP contribution in [0.1, 0.15) is 40.8 Å². The van der Waals surface area contributed by atoms with E-state index in [-0.39, 0.29) is 25.0 Å². The van der Waals surface area contributed by atoms with Crippen LogP contribution in [-0.4, -0.2) is 18.5 Å². The molecular formula is C21H25NO3. The molecule has 4 heteroatoms. The van der Waals surface area contributed by atoms with Gasteiger partial charge in [-0.2, -0.15) is 0 Å². The Morgan fingerprint density at radius 1 is 1.00 bits per heavy atom. The van der Waals surface area contributed by atoms with E-state index in [4.69, 9.17) is 4.74 Å². The number of nitrogens with one attached hydrogen (secondary N) is 1. The topological polar surface area (TPSA) is 55.4 Å². The Morgan fingerprint density at radius 2 is 1.68 bits per heavy atom. The van der Waals surface area contributed by atoms with Crippen LogP contribution in [0, 0.1) is 20.8 Å². The Bertz CT molecular complexity index is 750. The summed E-state index contributed by atoms with van der Waals surface area (Å²) < 4.78 is 5.07. The molecule has 0 unspecified atom stereocenters. The lowest BCUT2D eigenvalue weighted by Crippen LogP contribution is -2.31. The van der Waals surface area contributed by atoms with E-state index in [0.29, 0.717) is 0 Å². The summed E-state index contributed by atoms with van der Waals surface area (Å²) >= 11 is 0. The highest BCUT2D eigenvalue weighted by Crippen LogP contribution is 2.16. The van der Waals surface area contributed by atoms with Gasteiger partial charge in [0, 0.05) is 0 Å². The molecule has 0 aromatic heterocycles. The highest BCUT2D eigenvalue weighted by Gasteiger charge is 2.13. The minimum atomic E-state index is -0.405. The van der Waals surface area contributed by atoms with Crippen LogP contribution in [0.15, 0.2) is 42.5 Å². The lowest BCUT2D eigenvalue weighted by molar-refractivity contribution is -0.148. The van der Waals surface area contributed by atoms with Crippen LogP contribution in [0.2, 0.25) is 0 Å². The minimum Gasteiger partial charge on any atom is -0.455 e. The van der Waals surface area contributed by atoms with Crippen LogP contribution in [0.4, 0.5) is 0 Å². The Labute approximate surface area is 149 Å². The first-order valence-electron chi connectivity index (χ1n) is 8.43. The number of rotatable bonds is 6. The van der Waals surface area contributed by atoms with Gasteiger partial charge in [-0.1, -0.05) is 48.0 Å². The Balaban J connectivity index is 1.80. The van der Waals surface area contributed by atoms with Crippen LogP contribution >= 0.6 is 0 Å². The summed E-state index contributed by atoms with van der Waals surface area (Å²) in [5, 5.41) is 2.85. The summed E-state index contributed by atoms with van der Waals surface area (Å²) in [5.41, 5.74) is 5.44. The van der Waals surface area contributed by atoms with Crippen LogP contribution < -0.4 is 5.32 Å². The van der Waals surface area contributed by atoms with E-state index < -0.39 is 5.97 Å². The maximum atomic E-state index is 12.0. The molecule has 0 saturated carbocycles. The first-order valence-corrected chi connectivity index (χ1v) is 8.43. The van der Waals surface area contributed by atoms with Crippen molar-refractivity contribution in [1.29, 1.82) is 0 Å². The second-order valence-electron chi connectivity index (χ2n) is 6.46. The smallest absolute Gasteiger partial charge is 0.310 e. The molecular weight excluding hydrogens is 314 g/mol. The molecule has 0 bridgehead atoms. The van der Waals surface area contributed by atoms with Crippen LogP contribution in [0.25, 0.3) is 0 Å². The largest absolute Gasteiger partial charge is 0.455 e. The highest BCUT2D eigenvalue weighted by molar-refractivity contribution is 5.81. The van der Waals surface area contributed by atoms with Crippen LogP contribution in [-0.2, 0) is 20.7 Å². The van der Waals surface area contributed by atoms with Gasteiger partial charge >= 0.3 is 5.97 Å². The monoisotopic (exact) mass is 339 g/mol. The second kappa shape index (κ2) is 8.47. The van der Waals surface area contributed by atoms with Crippen LogP contribution in [0.5, 0.6) is 0 Å². The summed E-state index contributed by atoms with van der Waals surface area (Å²) in [7, 11) is 0. The van der Waals surface area contributed by atoms with Gasteiger partial charge in [0.05, 0.1) is 12.5 Å². The van der Waals surface area contributed by atoms with Gasteiger partial charge < -0.3 is 10.1 Å². The van der Waals surface area contributed by atoms with Crippen molar-refractivity contribution in [2.75, 3.05) is 6.61 Å². The number of hydrogen-bond acceptors (Lipinski definition) is 3. The van der Waals surface area contributed by atoms with Gasteiger partial charge in [-0.25, -0.2) is 0 Å². The molecule has 0 saturated heterocycles. The van der Waals surface area contributed by atoms with E-state index in [1.54, 1.807) is 0 Å². The number of esters is 1. The summed E-state index contributed by atoms with van der Waals surface area (Å²) in [4.78, 5) is 23.8. The van der Waals surface area contributed by atoms with Gasteiger partial charge in [-0.05, 0) is 49.9 Å². The molecule has 0 aliphatic rings. The van der Waals surface area contributed by atoms with Crippen molar-refractivity contribution in [1.82, 2.24) is 5.32 Å². The number of aryl methyl sites for hydroxylation is 3. The van der Waals surface area contributed by atoms with Crippen molar-refractivity contribution in [2.24, 2.45) is 0 Å². The lowest BCUT2D eigenvalue weighted by atomic mass is 10.0. The van der Waals surface area contributed by atoms with Gasteiger partial charge in [0.1, 0.15) is 0 Å². The van der Waals surface area contributed by atoms with Gasteiger partial charge in [0.25, 0.3) is 5.91 Å². The third-order valence-corrected chi connectivity index (χ3v) is 4.24. The maximum absolute atomic E-state index is 12.0. The predicted molar refractivity (Wildman–Crippen MR) is 98.3 cm³/mol. The molecule has 0 aliphatic heterocycles. The fraction of sp³-hybridized carbons (Fsp3) is 0.333. The molecule has 2 aromatic carbocycles. The van der Waals surface area contributed by atoms with Gasteiger partial charge in [0.15, 0.2) is 6.61 Å². The molecule has 0 aliphatic carbocycles. The minimum absolute atomic E-state index is 0.136. The first kappa shape index (κ1) is 18.7. The number of benzene rings is 2. The molecule has 2 rings (SSSR count). The summed E-state index contributed by atoms with van der Waals surface area (Å²) in [6.07, 6.45) is 0.167. The van der Waals surface area contributed by atoms with Crippen molar-refractivity contribution in [3.63, 3.8) is 0 Å². The number of ether oxygens (including phenoxy) is 1. The van der Waals surface area contributed by atoms with Crippen LogP contribution in [0.3, 0.4) is 0 Å². The summed E-state index contributed by atoms with van der Waals surface area (Å²) in [5.74, 6) is -0.708. The quantitative estimate of drug-likeness (QED) is 0.819.